The zero-order chi connectivity index (χ0) is 13.4. The Morgan fingerprint density at radius 1 is 1.22 bits per heavy atom. The molecule has 0 atom stereocenters. The fourth-order valence-electron chi connectivity index (χ4n) is 1.16. The number of hydrogen-bond acceptors (Lipinski definition) is 7. The van der Waals surface area contributed by atoms with Crippen LogP contribution in [0.1, 0.15) is 20.3 Å². The van der Waals surface area contributed by atoms with Crippen molar-refractivity contribution in [3.63, 3.8) is 0 Å². The molecular weight excluding hydrogens is 236 g/mol. The molecule has 100 valence electrons. The predicted octanol–water partition coefficient (Wildman–Crippen LogP) is -0.0106. The van der Waals surface area contributed by atoms with Crippen LogP contribution in [0.4, 0.5) is 11.9 Å². The van der Waals surface area contributed by atoms with Crippen LogP contribution >= 0.6 is 0 Å². The summed E-state index contributed by atoms with van der Waals surface area (Å²) in [5.41, 5.74) is 5.04. The largest absolute Gasteiger partial charge is 0.464 e. The maximum atomic E-state index is 10.6. The standard InChI is InChI=1S/C10H18N6O2/c1-3-12-8-14-9(13-6-5-7(11)17)16-10(15-8)18-4-2/h3-6H2,1-2H3,(H2,11,17)(H2,12,13,14,15,16). The molecule has 0 aliphatic heterocycles. The van der Waals surface area contributed by atoms with Gasteiger partial charge >= 0.3 is 6.01 Å². The van der Waals surface area contributed by atoms with E-state index < -0.39 is 0 Å². The van der Waals surface area contributed by atoms with Crippen LogP contribution < -0.4 is 21.1 Å². The van der Waals surface area contributed by atoms with E-state index in [2.05, 4.69) is 25.6 Å². The average Bonchev–Trinajstić information content (AvgIpc) is 2.29. The molecule has 1 amide bonds. The Morgan fingerprint density at radius 2 is 1.89 bits per heavy atom. The van der Waals surface area contributed by atoms with E-state index in [0.717, 1.165) is 0 Å². The second-order valence-electron chi connectivity index (χ2n) is 3.37. The normalized spacial score (nSPS) is 9.89. The van der Waals surface area contributed by atoms with Crippen LogP contribution in [0, 0.1) is 0 Å². The summed E-state index contributed by atoms with van der Waals surface area (Å²) in [7, 11) is 0. The van der Waals surface area contributed by atoms with Gasteiger partial charge in [0.2, 0.25) is 17.8 Å². The lowest BCUT2D eigenvalue weighted by molar-refractivity contribution is -0.117. The molecule has 1 heterocycles. The number of rotatable bonds is 8. The Hall–Kier alpha value is -2.12. The monoisotopic (exact) mass is 254 g/mol. The van der Waals surface area contributed by atoms with Crippen LogP contribution in [0.15, 0.2) is 0 Å². The lowest BCUT2D eigenvalue weighted by Crippen LogP contribution is -2.17. The first kappa shape index (κ1) is 13.9. The Labute approximate surface area is 105 Å². The van der Waals surface area contributed by atoms with Crippen molar-refractivity contribution >= 4 is 17.8 Å². The molecule has 1 rings (SSSR count). The second-order valence-corrected chi connectivity index (χ2v) is 3.37. The number of nitrogens with zero attached hydrogens (tertiary/aromatic N) is 3. The molecule has 1 aromatic rings. The van der Waals surface area contributed by atoms with Crippen molar-refractivity contribution in [2.75, 3.05) is 30.3 Å². The van der Waals surface area contributed by atoms with Crippen molar-refractivity contribution in [2.24, 2.45) is 5.73 Å². The van der Waals surface area contributed by atoms with Crippen LogP contribution in [0.5, 0.6) is 6.01 Å². The third-order valence-corrected chi connectivity index (χ3v) is 1.88. The summed E-state index contributed by atoms with van der Waals surface area (Å²) >= 11 is 0. The Kier molecular flexibility index (Phi) is 5.62. The summed E-state index contributed by atoms with van der Waals surface area (Å²) < 4.78 is 5.23. The minimum Gasteiger partial charge on any atom is -0.464 e. The van der Waals surface area contributed by atoms with Gasteiger partial charge in [-0.3, -0.25) is 4.79 Å². The van der Waals surface area contributed by atoms with Gasteiger partial charge in [0.15, 0.2) is 0 Å². The van der Waals surface area contributed by atoms with Gasteiger partial charge < -0.3 is 21.1 Å². The van der Waals surface area contributed by atoms with Crippen molar-refractivity contribution in [1.82, 2.24) is 15.0 Å². The maximum absolute atomic E-state index is 10.6. The van der Waals surface area contributed by atoms with Gasteiger partial charge in [0.1, 0.15) is 0 Å². The van der Waals surface area contributed by atoms with E-state index in [4.69, 9.17) is 10.5 Å². The van der Waals surface area contributed by atoms with Gasteiger partial charge in [-0.15, -0.1) is 0 Å². The summed E-state index contributed by atoms with van der Waals surface area (Å²) in [4.78, 5) is 22.9. The zero-order valence-electron chi connectivity index (χ0n) is 10.6. The fraction of sp³-hybridized carbons (Fsp3) is 0.600. The molecule has 4 N–H and O–H groups in total. The lowest BCUT2D eigenvalue weighted by Gasteiger charge is -2.08. The quantitative estimate of drug-likeness (QED) is 0.597. The number of aromatic nitrogens is 3. The molecule has 0 aromatic carbocycles. The zero-order valence-corrected chi connectivity index (χ0v) is 10.6. The number of primary amides is 1. The molecule has 0 aliphatic rings. The number of ether oxygens (including phenoxy) is 1. The molecule has 0 saturated carbocycles. The van der Waals surface area contributed by atoms with E-state index in [0.29, 0.717) is 31.6 Å². The van der Waals surface area contributed by atoms with Crippen LogP contribution in [0.2, 0.25) is 0 Å². The van der Waals surface area contributed by atoms with Crippen molar-refractivity contribution in [2.45, 2.75) is 20.3 Å². The van der Waals surface area contributed by atoms with Crippen molar-refractivity contribution in [3.8, 4) is 6.01 Å². The number of amides is 1. The molecule has 18 heavy (non-hydrogen) atoms. The predicted molar refractivity (Wildman–Crippen MR) is 67.5 cm³/mol. The highest BCUT2D eigenvalue weighted by atomic mass is 16.5. The van der Waals surface area contributed by atoms with Crippen LogP contribution in [0.25, 0.3) is 0 Å². The molecule has 8 nitrogen and oxygen atoms in total. The molecular formula is C10H18N6O2. The number of hydrogen-bond donors (Lipinski definition) is 3. The van der Waals surface area contributed by atoms with Crippen molar-refractivity contribution < 1.29 is 9.53 Å². The van der Waals surface area contributed by atoms with Crippen molar-refractivity contribution in [1.29, 1.82) is 0 Å². The number of anilines is 2. The van der Waals surface area contributed by atoms with Crippen LogP contribution in [-0.2, 0) is 4.79 Å². The Balaban J connectivity index is 2.71. The number of carbonyl (C=O) groups excluding carboxylic acids is 1. The first-order valence-corrected chi connectivity index (χ1v) is 5.80. The molecule has 0 aliphatic carbocycles. The number of carbonyl (C=O) groups is 1. The third kappa shape index (κ3) is 4.81. The van der Waals surface area contributed by atoms with Gasteiger partial charge in [0.05, 0.1) is 6.61 Å². The molecule has 0 saturated heterocycles. The summed E-state index contributed by atoms with van der Waals surface area (Å²) in [6.07, 6.45) is 0.214. The topological polar surface area (TPSA) is 115 Å². The minimum absolute atomic E-state index is 0.214. The highest BCUT2D eigenvalue weighted by molar-refractivity contribution is 5.74. The van der Waals surface area contributed by atoms with E-state index >= 15 is 0 Å². The SMILES string of the molecule is CCNc1nc(NCCC(N)=O)nc(OCC)n1. The summed E-state index contributed by atoms with van der Waals surface area (Å²) in [6.45, 7) is 5.31. The number of nitrogens with two attached hydrogens (primary N) is 1. The number of nitrogens with one attached hydrogen (secondary N) is 2. The van der Waals surface area contributed by atoms with Gasteiger partial charge in [0.25, 0.3) is 0 Å². The Bertz CT molecular complexity index is 374. The first-order chi connectivity index (χ1) is 8.65. The molecule has 0 fully saturated rings. The molecule has 0 spiro atoms. The van der Waals surface area contributed by atoms with Gasteiger partial charge in [-0.1, -0.05) is 0 Å². The molecule has 1 aromatic heterocycles. The van der Waals surface area contributed by atoms with Gasteiger partial charge in [-0.05, 0) is 13.8 Å². The minimum atomic E-state index is -0.381. The van der Waals surface area contributed by atoms with Crippen LogP contribution in [0.3, 0.4) is 0 Å². The summed E-state index contributed by atoms with van der Waals surface area (Å²) in [5.74, 6) is 0.400. The summed E-state index contributed by atoms with van der Waals surface area (Å²) in [6, 6.07) is 0.241. The second kappa shape index (κ2) is 7.25. The van der Waals surface area contributed by atoms with E-state index in [1.165, 1.54) is 0 Å². The van der Waals surface area contributed by atoms with Gasteiger partial charge in [-0.2, -0.15) is 15.0 Å². The van der Waals surface area contributed by atoms with Gasteiger partial charge in [-0.25, -0.2) is 0 Å². The first-order valence-electron chi connectivity index (χ1n) is 5.80. The Morgan fingerprint density at radius 3 is 2.44 bits per heavy atom. The van der Waals surface area contributed by atoms with E-state index in [9.17, 15) is 4.79 Å². The summed E-state index contributed by atoms with van der Waals surface area (Å²) in [5, 5.41) is 5.86. The lowest BCUT2D eigenvalue weighted by atomic mass is 10.4. The molecule has 0 unspecified atom stereocenters. The highest BCUT2D eigenvalue weighted by Gasteiger charge is 2.06. The van der Waals surface area contributed by atoms with Gasteiger partial charge in [0, 0.05) is 19.5 Å². The highest BCUT2D eigenvalue weighted by Crippen LogP contribution is 2.10. The maximum Gasteiger partial charge on any atom is 0.323 e. The van der Waals surface area contributed by atoms with Crippen molar-refractivity contribution in [3.05, 3.63) is 0 Å². The van der Waals surface area contributed by atoms with E-state index in [-0.39, 0.29) is 18.3 Å². The third-order valence-electron chi connectivity index (χ3n) is 1.88. The molecule has 0 radical (unpaired) electrons. The van der Waals surface area contributed by atoms with Crippen LogP contribution in [-0.4, -0.2) is 40.6 Å². The molecule has 8 heteroatoms. The smallest absolute Gasteiger partial charge is 0.323 e. The average molecular weight is 254 g/mol. The van der Waals surface area contributed by atoms with E-state index in [1.54, 1.807) is 0 Å². The molecule has 0 bridgehead atoms. The fourth-order valence-corrected chi connectivity index (χ4v) is 1.16. The van der Waals surface area contributed by atoms with E-state index in [1.807, 2.05) is 13.8 Å².